The van der Waals surface area contributed by atoms with Gasteiger partial charge in [-0.15, -0.1) is 0 Å². The van der Waals surface area contributed by atoms with Crippen LogP contribution in [0.25, 0.3) is 10.8 Å². The van der Waals surface area contributed by atoms with Gasteiger partial charge in [0.1, 0.15) is 5.82 Å². The lowest BCUT2D eigenvalue weighted by atomic mass is 10.1. The van der Waals surface area contributed by atoms with E-state index >= 15 is 0 Å². The Morgan fingerprint density at radius 2 is 2.00 bits per heavy atom. The number of anilines is 1. The van der Waals surface area contributed by atoms with Crippen molar-refractivity contribution in [2.45, 2.75) is 12.3 Å². The first-order valence-corrected chi connectivity index (χ1v) is 6.21. The summed E-state index contributed by atoms with van der Waals surface area (Å²) in [5.41, 5.74) is 0. The molecule has 0 amide bonds. The fraction of sp³-hybridized carbons (Fsp3) is 0.250. The fourth-order valence-corrected chi connectivity index (χ4v) is 2.12. The molecule has 0 saturated heterocycles. The van der Waals surface area contributed by atoms with Crippen LogP contribution in [-0.4, -0.2) is 28.9 Å². The first kappa shape index (κ1) is 14.1. The molecule has 0 aliphatic carbocycles. The number of aliphatic hydroxyl groups is 1. The minimum absolute atomic E-state index is 0.308. The quantitative estimate of drug-likeness (QED) is 0.904. The lowest BCUT2D eigenvalue weighted by molar-refractivity contribution is -0.198. The molecule has 19 heavy (non-hydrogen) atoms. The molecule has 1 heterocycles. The molecule has 0 radical (unpaired) electrons. The lowest BCUT2D eigenvalue weighted by Crippen LogP contribution is -2.35. The average molecular weight is 335 g/mol. The monoisotopic (exact) mass is 334 g/mol. The molecule has 2 N–H and O–H groups in total. The van der Waals surface area contributed by atoms with Gasteiger partial charge in [0.25, 0.3) is 0 Å². The van der Waals surface area contributed by atoms with Gasteiger partial charge in [-0.3, -0.25) is 0 Å². The maximum Gasteiger partial charge on any atom is 0.416 e. The average Bonchev–Trinajstić information content (AvgIpc) is 2.35. The van der Waals surface area contributed by atoms with Crippen molar-refractivity contribution < 1.29 is 18.3 Å². The largest absolute Gasteiger partial charge is 0.416 e. The van der Waals surface area contributed by atoms with Crippen LogP contribution in [-0.2, 0) is 0 Å². The smallest absolute Gasteiger partial charge is 0.382 e. The molecule has 3 nitrogen and oxygen atoms in total. The molecule has 0 spiro atoms. The summed E-state index contributed by atoms with van der Waals surface area (Å²) in [5.74, 6) is 0.308. The summed E-state index contributed by atoms with van der Waals surface area (Å²) in [4.78, 5) is 3.99. The number of hydrogen-bond acceptors (Lipinski definition) is 3. The fourth-order valence-electron chi connectivity index (χ4n) is 1.62. The molecule has 1 atom stereocenters. The van der Waals surface area contributed by atoms with E-state index in [4.69, 9.17) is 5.11 Å². The number of hydrogen-bond donors (Lipinski definition) is 2. The normalized spacial score (nSPS) is 13.5. The van der Waals surface area contributed by atoms with Gasteiger partial charge in [-0.05, 0) is 12.1 Å². The number of halogens is 4. The SMILES string of the molecule is OC(CNc1nccc2c(Br)cccc12)C(F)(F)F. The Balaban J connectivity index is 2.25. The predicted octanol–water partition coefficient (Wildman–Crippen LogP) is 3.33. The topological polar surface area (TPSA) is 45.1 Å². The third-order valence-corrected chi connectivity index (χ3v) is 3.29. The van der Waals surface area contributed by atoms with Crippen molar-refractivity contribution in [2.75, 3.05) is 11.9 Å². The number of aromatic nitrogens is 1. The van der Waals surface area contributed by atoms with Crippen molar-refractivity contribution >= 4 is 32.5 Å². The molecule has 1 unspecified atom stereocenters. The van der Waals surface area contributed by atoms with Gasteiger partial charge in [0.05, 0.1) is 6.54 Å². The van der Waals surface area contributed by atoms with Crippen LogP contribution in [0.5, 0.6) is 0 Å². The van der Waals surface area contributed by atoms with Crippen LogP contribution >= 0.6 is 15.9 Å². The molecular weight excluding hydrogens is 325 g/mol. The van der Waals surface area contributed by atoms with Crippen molar-refractivity contribution in [1.82, 2.24) is 4.98 Å². The number of fused-ring (bicyclic) bond motifs is 1. The first-order valence-electron chi connectivity index (χ1n) is 5.41. The van der Waals surface area contributed by atoms with Gasteiger partial charge < -0.3 is 10.4 Å². The number of nitrogens with one attached hydrogen (secondary N) is 1. The van der Waals surface area contributed by atoms with Crippen LogP contribution in [0.1, 0.15) is 0 Å². The molecule has 0 aliphatic rings. The summed E-state index contributed by atoms with van der Waals surface area (Å²) in [7, 11) is 0. The summed E-state index contributed by atoms with van der Waals surface area (Å²) < 4.78 is 37.5. The number of rotatable bonds is 3. The van der Waals surface area contributed by atoms with E-state index in [1.807, 2.05) is 6.07 Å². The van der Waals surface area contributed by atoms with E-state index in [1.165, 1.54) is 6.20 Å². The molecule has 2 rings (SSSR count). The highest BCUT2D eigenvalue weighted by molar-refractivity contribution is 9.10. The summed E-state index contributed by atoms with van der Waals surface area (Å²) in [6.07, 6.45) is -5.56. The molecule has 1 aromatic carbocycles. The number of benzene rings is 1. The van der Waals surface area contributed by atoms with Crippen LogP contribution in [0.15, 0.2) is 34.9 Å². The Hall–Kier alpha value is -1.34. The summed E-state index contributed by atoms with van der Waals surface area (Å²) in [5, 5.41) is 13.0. The minimum atomic E-state index is -4.64. The summed E-state index contributed by atoms with van der Waals surface area (Å²) in [6, 6.07) is 7.09. The summed E-state index contributed by atoms with van der Waals surface area (Å²) in [6.45, 7) is -0.637. The van der Waals surface area contributed by atoms with E-state index in [0.29, 0.717) is 11.2 Å². The van der Waals surface area contributed by atoms with E-state index in [0.717, 1.165) is 9.86 Å². The van der Waals surface area contributed by atoms with Crippen molar-refractivity contribution in [3.63, 3.8) is 0 Å². The number of pyridine rings is 1. The molecule has 1 aromatic heterocycles. The van der Waals surface area contributed by atoms with Crippen molar-refractivity contribution in [2.24, 2.45) is 0 Å². The van der Waals surface area contributed by atoms with Crippen LogP contribution in [0.3, 0.4) is 0 Å². The number of nitrogens with zero attached hydrogens (tertiary/aromatic N) is 1. The Morgan fingerprint density at radius 1 is 1.26 bits per heavy atom. The van der Waals surface area contributed by atoms with E-state index < -0.39 is 18.8 Å². The van der Waals surface area contributed by atoms with E-state index in [1.54, 1.807) is 18.2 Å². The number of alkyl halides is 3. The van der Waals surface area contributed by atoms with Gasteiger partial charge in [-0.1, -0.05) is 28.1 Å². The van der Waals surface area contributed by atoms with Crippen molar-refractivity contribution in [1.29, 1.82) is 0 Å². The van der Waals surface area contributed by atoms with Crippen LogP contribution in [0.2, 0.25) is 0 Å². The molecule has 102 valence electrons. The van der Waals surface area contributed by atoms with Gasteiger partial charge in [0.15, 0.2) is 6.10 Å². The standard InChI is InChI=1S/C12H10BrF3N2O/c13-9-3-1-2-8-7(9)4-5-17-11(8)18-6-10(19)12(14,15)16/h1-5,10,19H,6H2,(H,17,18). The molecular formula is C12H10BrF3N2O. The Labute approximate surface area is 115 Å². The Kier molecular flexibility index (Phi) is 3.96. The third kappa shape index (κ3) is 3.16. The van der Waals surface area contributed by atoms with E-state index in [-0.39, 0.29) is 0 Å². The predicted molar refractivity (Wildman–Crippen MR) is 70.0 cm³/mol. The van der Waals surface area contributed by atoms with Gasteiger partial charge in [0, 0.05) is 21.4 Å². The van der Waals surface area contributed by atoms with Gasteiger partial charge >= 0.3 is 6.18 Å². The highest BCUT2D eigenvalue weighted by Gasteiger charge is 2.37. The zero-order valence-electron chi connectivity index (χ0n) is 9.58. The van der Waals surface area contributed by atoms with Crippen LogP contribution in [0.4, 0.5) is 19.0 Å². The molecule has 0 bridgehead atoms. The van der Waals surface area contributed by atoms with Crippen molar-refractivity contribution in [3.8, 4) is 0 Å². The Morgan fingerprint density at radius 3 is 2.68 bits per heavy atom. The molecule has 7 heteroatoms. The zero-order valence-corrected chi connectivity index (χ0v) is 11.2. The lowest BCUT2D eigenvalue weighted by Gasteiger charge is -2.16. The number of aliphatic hydroxyl groups excluding tert-OH is 1. The van der Waals surface area contributed by atoms with E-state index in [9.17, 15) is 13.2 Å². The van der Waals surface area contributed by atoms with Crippen LogP contribution < -0.4 is 5.32 Å². The second-order valence-electron chi connectivity index (χ2n) is 3.93. The third-order valence-electron chi connectivity index (χ3n) is 2.59. The minimum Gasteiger partial charge on any atom is -0.382 e. The maximum absolute atomic E-state index is 12.2. The molecule has 2 aromatic rings. The van der Waals surface area contributed by atoms with Gasteiger partial charge in [-0.2, -0.15) is 13.2 Å². The van der Waals surface area contributed by atoms with Crippen LogP contribution in [0, 0.1) is 0 Å². The zero-order chi connectivity index (χ0) is 14.0. The second-order valence-corrected chi connectivity index (χ2v) is 4.79. The highest BCUT2D eigenvalue weighted by Crippen LogP contribution is 2.28. The molecule has 0 saturated carbocycles. The van der Waals surface area contributed by atoms with Crippen molar-refractivity contribution in [3.05, 3.63) is 34.9 Å². The van der Waals surface area contributed by atoms with Gasteiger partial charge in [0.2, 0.25) is 0 Å². The highest BCUT2D eigenvalue weighted by atomic mass is 79.9. The first-order chi connectivity index (χ1) is 8.89. The maximum atomic E-state index is 12.2. The Bertz CT molecular complexity index is 589. The second kappa shape index (κ2) is 5.34. The van der Waals surface area contributed by atoms with E-state index in [2.05, 4.69) is 26.2 Å². The summed E-state index contributed by atoms with van der Waals surface area (Å²) >= 11 is 3.36. The molecule has 0 fully saturated rings. The van der Waals surface area contributed by atoms with Gasteiger partial charge in [-0.25, -0.2) is 4.98 Å². The molecule has 0 aliphatic heterocycles.